The molecule has 1 amide bonds. The standard InChI is InChI=1S/C14H21NO5/c1-14(2,3)9(16)6-15-12(17)10-7-4-5-8(20-7)11(10)13(18)19/h7-8,10-11H,4-6H2,1-3H3,(H,15,17)(H,18,19). The first-order valence-electron chi connectivity index (χ1n) is 6.91. The molecule has 2 saturated heterocycles. The Labute approximate surface area is 117 Å². The van der Waals surface area contributed by atoms with Gasteiger partial charge in [0.2, 0.25) is 5.91 Å². The average Bonchev–Trinajstić information content (AvgIpc) is 2.93. The monoisotopic (exact) mass is 283 g/mol. The normalized spacial score (nSPS) is 32.1. The summed E-state index contributed by atoms with van der Waals surface area (Å²) in [5.74, 6) is -2.94. The van der Waals surface area contributed by atoms with Crippen molar-refractivity contribution in [3.8, 4) is 0 Å². The van der Waals surface area contributed by atoms with Crippen molar-refractivity contribution in [2.45, 2.75) is 45.8 Å². The zero-order valence-electron chi connectivity index (χ0n) is 12.0. The predicted octanol–water partition coefficient (Wildman–Crippen LogP) is 0.596. The lowest BCUT2D eigenvalue weighted by molar-refractivity contribution is -0.148. The van der Waals surface area contributed by atoms with Gasteiger partial charge in [-0.15, -0.1) is 0 Å². The third kappa shape index (κ3) is 2.70. The molecule has 20 heavy (non-hydrogen) atoms. The number of aliphatic carboxylic acids is 1. The van der Waals surface area contributed by atoms with Crippen LogP contribution in [0.1, 0.15) is 33.6 Å². The van der Waals surface area contributed by atoms with Crippen molar-refractivity contribution in [3.63, 3.8) is 0 Å². The summed E-state index contributed by atoms with van der Waals surface area (Å²) in [6.45, 7) is 5.27. The summed E-state index contributed by atoms with van der Waals surface area (Å²) >= 11 is 0. The number of amides is 1. The summed E-state index contributed by atoms with van der Waals surface area (Å²) in [6.07, 6.45) is 0.698. The number of ketones is 1. The Hall–Kier alpha value is -1.43. The zero-order valence-corrected chi connectivity index (χ0v) is 12.0. The van der Waals surface area contributed by atoms with Gasteiger partial charge in [-0.2, -0.15) is 0 Å². The fourth-order valence-electron chi connectivity index (χ4n) is 2.88. The van der Waals surface area contributed by atoms with Gasteiger partial charge in [0.1, 0.15) is 0 Å². The minimum absolute atomic E-state index is 0.0669. The highest BCUT2D eigenvalue weighted by atomic mass is 16.5. The van der Waals surface area contributed by atoms with E-state index in [0.717, 1.165) is 0 Å². The van der Waals surface area contributed by atoms with Gasteiger partial charge in [0.25, 0.3) is 0 Å². The molecule has 2 N–H and O–H groups in total. The fraction of sp³-hybridized carbons (Fsp3) is 0.786. The van der Waals surface area contributed by atoms with Crippen LogP contribution in [-0.4, -0.2) is 41.5 Å². The Balaban J connectivity index is 1.98. The van der Waals surface area contributed by atoms with Gasteiger partial charge < -0.3 is 15.2 Å². The predicted molar refractivity (Wildman–Crippen MR) is 70.0 cm³/mol. The minimum atomic E-state index is -1.00. The molecule has 2 fully saturated rings. The van der Waals surface area contributed by atoms with Crippen molar-refractivity contribution >= 4 is 17.7 Å². The molecule has 0 radical (unpaired) electrons. The molecular formula is C14H21NO5. The molecule has 6 nitrogen and oxygen atoms in total. The Morgan fingerprint density at radius 3 is 2.20 bits per heavy atom. The SMILES string of the molecule is CC(C)(C)C(=O)CNC(=O)C1C2CCC(O2)C1C(=O)O. The smallest absolute Gasteiger partial charge is 0.310 e. The van der Waals surface area contributed by atoms with E-state index in [1.165, 1.54) is 0 Å². The van der Waals surface area contributed by atoms with Crippen LogP contribution in [-0.2, 0) is 19.1 Å². The van der Waals surface area contributed by atoms with Crippen molar-refractivity contribution < 1.29 is 24.2 Å². The van der Waals surface area contributed by atoms with E-state index in [0.29, 0.717) is 12.8 Å². The molecule has 0 aromatic rings. The first-order chi connectivity index (χ1) is 9.21. The van der Waals surface area contributed by atoms with Crippen molar-refractivity contribution in [2.75, 3.05) is 6.54 Å². The summed E-state index contributed by atoms with van der Waals surface area (Å²) in [4.78, 5) is 35.2. The first-order valence-corrected chi connectivity index (χ1v) is 6.91. The second-order valence-electron chi connectivity index (χ2n) is 6.57. The highest BCUT2D eigenvalue weighted by Gasteiger charge is 2.55. The molecule has 2 aliphatic heterocycles. The molecule has 0 spiro atoms. The van der Waals surface area contributed by atoms with Crippen LogP contribution in [0.3, 0.4) is 0 Å². The number of carboxylic acids is 1. The number of nitrogens with one attached hydrogen (secondary N) is 1. The number of rotatable bonds is 4. The van der Waals surface area contributed by atoms with Gasteiger partial charge in [-0.05, 0) is 12.8 Å². The van der Waals surface area contributed by atoms with Crippen LogP contribution in [0.25, 0.3) is 0 Å². The van der Waals surface area contributed by atoms with Crippen LogP contribution in [0.5, 0.6) is 0 Å². The zero-order chi connectivity index (χ0) is 15.1. The molecular weight excluding hydrogens is 262 g/mol. The lowest BCUT2D eigenvalue weighted by Crippen LogP contribution is -2.46. The molecule has 2 bridgehead atoms. The average molecular weight is 283 g/mol. The Morgan fingerprint density at radius 2 is 1.70 bits per heavy atom. The van der Waals surface area contributed by atoms with Gasteiger partial charge in [0.05, 0.1) is 30.6 Å². The summed E-state index contributed by atoms with van der Waals surface area (Å²) in [7, 11) is 0. The van der Waals surface area contributed by atoms with Crippen LogP contribution >= 0.6 is 0 Å². The third-order valence-electron chi connectivity index (χ3n) is 4.12. The van der Waals surface area contributed by atoms with E-state index >= 15 is 0 Å². The maximum atomic E-state index is 12.2. The van der Waals surface area contributed by atoms with Gasteiger partial charge in [0.15, 0.2) is 5.78 Å². The largest absolute Gasteiger partial charge is 0.481 e. The highest BCUT2D eigenvalue weighted by Crippen LogP contribution is 2.43. The Bertz CT molecular complexity index is 439. The summed E-state index contributed by atoms with van der Waals surface area (Å²) in [5.41, 5.74) is -0.523. The number of Topliss-reactive ketones (excluding diaryl/α,β-unsaturated/α-hetero) is 1. The van der Waals surface area contributed by atoms with E-state index < -0.39 is 23.2 Å². The van der Waals surface area contributed by atoms with Gasteiger partial charge in [-0.3, -0.25) is 14.4 Å². The molecule has 112 valence electrons. The molecule has 0 aliphatic carbocycles. The fourth-order valence-corrected chi connectivity index (χ4v) is 2.88. The van der Waals surface area contributed by atoms with E-state index in [1.54, 1.807) is 20.8 Å². The highest BCUT2D eigenvalue weighted by molar-refractivity contribution is 5.92. The molecule has 4 atom stereocenters. The molecule has 2 aliphatic rings. The number of carboxylic acid groups (broad SMARTS) is 1. The van der Waals surface area contributed by atoms with E-state index in [9.17, 15) is 19.5 Å². The second kappa shape index (κ2) is 5.16. The van der Waals surface area contributed by atoms with Crippen LogP contribution in [0.2, 0.25) is 0 Å². The number of carbonyl (C=O) groups is 3. The van der Waals surface area contributed by atoms with Crippen molar-refractivity contribution in [1.29, 1.82) is 0 Å². The van der Waals surface area contributed by atoms with E-state index in [-0.39, 0.29) is 30.4 Å². The Morgan fingerprint density at radius 1 is 1.15 bits per heavy atom. The lowest BCUT2D eigenvalue weighted by Gasteiger charge is -2.24. The molecule has 2 rings (SSSR count). The Kier molecular flexibility index (Phi) is 3.86. The molecule has 0 saturated carbocycles. The molecule has 0 aromatic carbocycles. The number of hydrogen-bond donors (Lipinski definition) is 2. The van der Waals surface area contributed by atoms with Gasteiger partial charge >= 0.3 is 5.97 Å². The van der Waals surface area contributed by atoms with Crippen molar-refractivity contribution in [3.05, 3.63) is 0 Å². The van der Waals surface area contributed by atoms with Gasteiger partial charge in [-0.25, -0.2) is 0 Å². The topological polar surface area (TPSA) is 92.7 Å². The van der Waals surface area contributed by atoms with E-state index in [4.69, 9.17) is 4.74 Å². The second-order valence-corrected chi connectivity index (χ2v) is 6.57. The van der Waals surface area contributed by atoms with Gasteiger partial charge in [0, 0.05) is 5.41 Å². The number of fused-ring (bicyclic) bond motifs is 2. The molecule has 0 aromatic heterocycles. The van der Waals surface area contributed by atoms with Crippen molar-refractivity contribution in [1.82, 2.24) is 5.32 Å². The summed E-state index contributed by atoms with van der Waals surface area (Å²) < 4.78 is 5.53. The maximum absolute atomic E-state index is 12.2. The van der Waals surface area contributed by atoms with Crippen molar-refractivity contribution in [2.24, 2.45) is 17.3 Å². The van der Waals surface area contributed by atoms with Crippen LogP contribution in [0.4, 0.5) is 0 Å². The number of hydrogen-bond acceptors (Lipinski definition) is 4. The van der Waals surface area contributed by atoms with E-state index in [2.05, 4.69) is 5.32 Å². The number of carbonyl (C=O) groups excluding carboxylic acids is 2. The van der Waals surface area contributed by atoms with Crippen LogP contribution in [0.15, 0.2) is 0 Å². The quantitative estimate of drug-likeness (QED) is 0.788. The molecule has 4 unspecified atom stereocenters. The molecule has 2 heterocycles. The van der Waals surface area contributed by atoms with E-state index in [1.807, 2.05) is 0 Å². The first kappa shape index (κ1) is 15.0. The molecule has 6 heteroatoms. The maximum Gasteiger partial charge on any atom is 0.310 e. The van der Waals surface area contributed by atoms with Gasteiger partial charge in [-0.1, -0.05) is 20.8 Å². The summed E-state index contributed by atoms with van der Waals surface area (Å²) in [6, 6.07) is 0. The third-order valence-corrected chi connectivity index (χ3v) is 4.12. The minimum Gasteiger partial charge on any atom is -0.481 e. The summed E-state index contributed by atoms with van der Waals surface area (Å²) in [5, 5.41) is 11.8. The lowest BCUT2D eigenvalue weighted by atomic mass is 9.78. The van der Waals surface area contributed by atoms with Crippen LogP contribution < -0.4 is 5.32 Å². The number of ether oxygens (including phenoxy) is 1. The van der Waals surface area contributed by atoms with Crippen LogP contribution in [0, 0.1) is 17.3 Å².